The number of hydrogen-bond donors (Lipinski definition) is 1. The van der Waals surface area contributed by atoms with Gasteiger partial charge >= 0.3 is 0 Å². The first-order valence-electron chi connectivity index (χ1n) is 5.20. The third-order valence-corrected chi connectivity index (χ3v) is 2.78. The number of hydrogen-bond acceptors (Lipinski definition) is 4. The molecule has 88 valence electrons. The molecule has 0 atom stereocenters. The van der Waals surface area contributed by atoms with Gasteiger partial charge in [0.15, 0.2) is 0 Å². The molecule has 0 unspecified atom stereocenters. The highest BCUT2D eigenvalue weighted by molar-refractivity contribution is 7.10. The van der Waals surface area contributed by atoms with Gasteiger partial charge in [-0.25, -0.2) is 0 Å². The van der Waals surface area contributed by atoms with E-state index in [-0.39, 0.29) is 0 Å². The molecule has 0 amide bonds. The van der Waals surface area contributed by atoms with Crippen molar-refractivity contribution in [1.82, 2.24) is 0 Å². The highest BCUT2D eigenvalue weighted by Gasteiger charge is 1.97. The predicted octanol–water partition coefficient (Wildman–Crippen LogP) is 1.61. The van der Waals surface area contributed by atoms with Gasteiger partial charge in [0.1, 0.15) is 0 Å². The number of rotatable bonds is 6. The highest BCUT2D eigenvalue weighted by atomic mass is 32.1. The maximum atomic E-state index is 5.50. The topological polar surface area (TPSA) is 44.5 Å². The molecule has 0 aliphatic heterocycles. The van der Waals surface area contributed by atoms with Crippen molar-refractivity contribution in [2.24, 2.45) is 5.73 Å². The van der Waals surface area contributed by atoms with Crippen LogP contribution in [0.15, 0.2) is 11.4 Å². The van der Waals surface area contributed by atoms with Crippen LogP contribution in [0.3, 0.4) is 0 Å². The summed E-state index contributed by atoms with van der Waals surface area (Å²) in [6.07, 6.45) is 0.932. The van der Waals surface area contributed by atoms with Gasteiger partial charge in [-0.05, 0) is 12.5 Å². The van der Waals surface area contributed by atoms with Crippen LogP contribution in [0.1, 0.15) is 16.9 Å². The van der Waals surface area contributed by atoms with E-state index in [1.54, 1.807) is 18.4 Å². The lowest BCUT2D eigenvalue weighted by Gasteiger charge is -2.01. The molecule has 0 saturated carbocycles. The quantitative estimate of drug-likeness (QED) is 0.606. The van der Waals surface area contributed by atoms with Crippen molar-refractivity contribution < 1.29 is 9.47 Å². The number of ether oxygens (including phenoxy) is 2. The molecule has 0 fully saturated rings. The summed E-state index contributed by atoms with van der Waals surface area (Å²) in [7, 11) is 1.70. The first-order chi connectivity index (χ1) is 7.86. The minimum Gasteiger partial charge on any atom is -0.385 e. The van der Waals surface area contributed by atoms with Gasteiger partial charge in [0.05, 0.1) is 13.2 Å². The summed E-state index contributed by atoms with van der Waals surface area (Å²) in [5.41, 5.74) is 6.32. The van der Waals surface area contributed by atoms with Crippen molar-refractivity contribution in [3.05, 3.63) is 21.9 Å². The largest absolute Gasteiger partial charge is 0.385 e. The normalized spacial score (nSPS) is 9.88. The van der Waals surface area contributed by atoms with E-state index in [0.717, 1.165) is 25.2 Å². The number of methoxy groups -OCH3 is 1. The molecule has 4 heteroatoms. The summed E-state index contributed by atoms with van der Waals surface area (Å²) < 4.78 is 10.4. The minimum atomic E-state index is 0.401. The van der Waals surface area contributed by atoms with E-state index in [9.17, 15) is 0 Å². The molecular weight excluding hydrogens is 222 g/mol. The fourth-order valence-corrected chi connectivity index (χ4v) is 1.90. The van der Waals surface area contributed by atoms with E-state index < -0.39 is 0 Å². The van der Waals surface area contributed by atoms with Crippen molar-refractivity contribution in [2.75, 3.05) is 26.9 Å². The Balaban J connectivity index is 2.24. The molecule has 0 spiro atoms. The van der Waals surface area contributed by atoms with Crippen molar-refractivity contribution >= 4 is 11.3 Å². The van der Waals surface area contributed by atoms with Crippen LogP contribution in [0.4, 0.5) is 0 Å². The lowest BCUT2D eigenvalue weighted by Crippen LogP contribution is -1.98. The van der Waals surface area contributed by atoms with E-state index in [1.807, 2.05) is 11.4 Å². The second-order valence-corrected chi connectivity index (χ2v) is 4.20. The molecule has 0 aliphatic carbocycles. The molecule has 1 heterocycles. The monoisotopic (exact) mass is 239 g/mol. The molecule has 0 saturated heterocycles. The molecule has 2 N–H and O–H groups in total. The summed E-state index contributed by atoms with van der Waals surface area (Å²) in [6, 6.07) is 2.05. The smallest absolute Gasteiger partial charge is 0.0809 e. The molecule has 1 aromatic heterocycles. The molecule has 16 heavy (non-hydrogen) atoms. The first kappa shape index (κ1) is 13.2. The van der Waals surface area contributed by atoms with Crippen molar-refractivity contribution in [3.8, 4) is 11.8 Å². The summed E-state index contributed by atoms with van der Waals surface area (Å²) in [5.74, 6) is 5.82. The lowest BCUT2D eigenvalue weighted by atomic mass is 10.3. The van der Waals surface area contributed by atoms with Crippen molar-refractivity contribution in [1.29, 1.82) is 0 Å². The van der Waals surface area contributed by atoms with Crippen LogP contribution in [-0.4, -0.2) is 26.9 Å². The summed E-state index contributed by atoms with van der Waals surface area (Å²) >= 11 is 1.66. The van der Waals surface area contributed by atoms with Gasteiger partial charge in [-0.1, -0.05) is 11.8 Å². The Morgan fingerprint density at radius 3 is 3.06 bits per heavy atom. The SMILES string of the molecule is COCCCOCc1cc(C#CCN)cs1. The van der Waals surface area contributed by atoms with Crippen molar-refractivity contribution in [2.45, 2.75) is 13.0 Å². The molecule has 0 bridgehead atoms. The van der Waals surface area contributed by atoms with Crippen LogP contribution >= 0.6 is 11.3 Å². The van der Waals surface area contributed by atoms with Gasteiger partial charge in [-0.15, -0.1) is 11.3 Å². The Kier molecular flexibility index (Phi) is 6.86. The van der Waals surface area contributed by atoms with Crippen LogP contribution in [0.5, 0.6) is 0 Å². The molecule has 3 nitrogen and oxygen atoms in total. The standard InChI is InChI=1S/C12H17NO2S/c1-14-6-3-7-15-9-12-8-11(10-16-12)4-2-5-13/h8,10H,3,5-7,9,13H2,1H3. The predicted molar refractivity (Wildman–Crippen MR) is 66.4 cm³/mol. The zero-order valence-corrected chi connectivity index (χ0v) is 10.3. The average Bonchev–Trinajstić information content (AvgIpc) is 2.74. The second-order valence-electron chi connectivity index (χ2n) is 3.21. The molecule has 0 aliphatic rings. The molecule has 1 aromatic rings. The minimum absolute atomic E-state index is 0.401. The van der Waals surface area contributed by atoms with Crippen LogP contribution in [-0.2, 0) is 16.1 Å². The summed E-state index contributed by atoms with van der Waals surface area (Å²) in [5, 5.41) is 2.02. The maximum Gasteiger partial charge on any atom is 0.0809 e. The Bertz CT molecular complexity index is 351. The summed E-state index contributed by atoms with van der Waals surface area (Å²) in [6.45, 7) is 2.53. The Labute approximate surface area is 101 Å². The molecule has 0 aromatic carbocycles. The number of thiophene rings is 1. The Morgan fingerprint density at radius 2 is 2.31 bits per heavy atom. The fourth-order valence-electron chi connectivity index (χ4n) is 1.15. The second kappa shape index (κ2) is 8.31. The Morgan fingerprint density at radius 1 is 1.44 bits per heavy atom. The van der Waals surface area contributed by atoms with E-state index in [2.05, 4.69) is 11.8 Å². The summed E-state index contributed by atoms with van der Waals surface area (Å²) in [4.78, 5) is 1.19. The van der Waals surface area contributed by atoms with E-state index >= 15 is 0 Å². The molecular formula is C12H17NO2S. The van der Waals surface area contributed by atoms with Gasteiger partial charge in [0.25, 0.3) is 0 Å². The van der Waals surface area contributed by atoms with E-state index in [4.69, 9.17) is 15.2 Å². The van der Waals surface area contributed by atoms with Gasteiger partial charge in [-0.3, -0.25) is 0 Å². The van der Waals surface area contributed by atoms with E-state index in [0.29, 0.717) is 13.2 Å². The fraction of sp³-hybridized carbons (Fsp3) is 0.500. The Hall–Kier alpha value is -0.860. The lowest BCUT2D eigenvalue weighted by molar-refractivity contribution is 0.0943. The van der Waals surface area contributed by atoms with Crippen LogP contribution in [0, 0.1) is 11.8 Å². The van der Waals surface area contributed by atoms with Gasteiger partial charge in [0.2, 0.25) is 0 Å². The van der Waals surface area contributed by atoms with Crippen LogP contribution in [0.2, 0.25) is 0 Å². The number of nitrogens with two attached hydrogens (primary N) is 1. The van der Waals surface area contributed by atoms with Gasteiger partial charge in [0, 0.05) is 36.1 Å². The van der Waals surface area contributed by atoms with Crippen LogP contribution < -0.4 is 5.73 Å². The molecule has 0 radical (unpaired) electrons. The first-order valence-corrected chi connectivity index (χ1v) is 6.08. The third-order valence-electron chi connectivity index (χ3n) is 1.87. The van der Waals surface area contributed by atoms with Crippen LogP contribution in [0.25, 0.3) is 0 Å². The third kappa shape index (κ3) is 5.29. The van der Waals surface area contributed by atoms with Gasteiger partial charge < -0.3 is 15.2 Å². The highest BCUT2D eigenvalue weighted by Crippen LogP contribution is 2.14. The average molecular weight is 239 g/mol. The maximum absolute atomic E-state index is 5.50. The molecule has 1 rings (SSSR count). The van der Waals surface area contributed by atoms with Gasteiger partial charge in [-0.2, -0.15) is 0 Å². The zero-order valence-electron chi connectivity index (χ0n) is 9.49. The zero-order chi connectivity index (χ0) is 11.6. The van der Waals surface area contributed by atoms with E-state index in [1.165, 1.54) is 4.88 Å². The van der Waals surface area contributed by atoms with Crippen molar-refractivity contribution in [3.63, 3.8) is 0 Å².